The molecule has 0 fully saturated rings. The molecule has 1 aromatic carbocycles. The van der Waals surface area contributed by atoms with E-state index >= 15 is 0 Å². The van der Waals surface area contributed by atoms with Crippen molar-refractivity contribution in [2.45, 2.75) is 19.8 Å². The van der Waals surface area contributed by atoms with Crippen molar-refractivity contribution in [3.63, 3.8) is 0 Å². The molecule has 0 saturated heterocycles. The third kappa shape index (κ3) is 3.68. The maximum absolute atomic E-state index is 11.9. The van der Waals surface area contributed by atoms with Gasteiger partial charge in [-0.3, -0.25) is 4.79 Å². The summed E-state index contributed by atoms with van der Waals surface area (Å²) in [6.45, 7) is 1.83. The van der Waals surface area contributed by atoms with Crippen LogP contribution in [-0.2, 0) is 11.2 Å². The monoisotopic (exact) mass is 289 g/mol. The van der Waals surface area contributed by atoms with Gasteiger partial charge in [0.05, 0.1) is 5.56 Å². The summed E-state index contributed by atoms with van der Waals surface area (Å²) in [4.78, 5) is 24.0. The van der Waals surface area contributed by atoms with Gasteiger partial charge in [0.1, 0.15) is 0 Å². The predicted octanol–water partition coefficient (Wildman–Crippen LogP) is 3.33. The van der Waals surface area contributed by atoms with Gasteiger partial charge in [-0.05, 0) is 42.5 Å². The zero-order valence-electron chi connectivity index (χ0n) is 11.1. The van der Waals surface area contributed by atoms with Crippen molar-refractivity contribution in [3.8, 4) is 0 Å². The largest absolute Gasteiger partial charge is 0.478 e. The molecule has 0 atom stereocenters. The zero-order valence-corrected chi connectivity index (χ0v) is 11.9. The number of aromatic carboxylic acids is 1. The fraction of sp³-hybridized carbons (Fsp3) is 0.200. The summed E-state index contributed by atoms with van der Waals surface area (Å²) in [6.07, 6.45) is 1.08. The fourth-order valence-corrected chi connectivity index (χ4v) is 2.50. The van der Waals surface area contributed by atoms with Crippen LogP contribution in [0.3, 0.4) is 0 Å². The summed E-state index contributed by atoms with van der Waals surface area (Å²) >= 11 is 1.62. The molecule has 0 unspecified atom stereocenters. The van der Waals surface area contributed by atoms with Crippen LogP contribution in [0.2, 0.25) is 0 Å². The molecular weight excluding hydrogens is 274 g/mol. The lowest BCUT2D eigenvalue weighted by Gasteiger charge is -2.09. The number of thiophene rings is 1. The van der Waals surface area contributed by atoms with E-state index in [0.29, 0.717) is 18.5 Å². The molecule has 5 heteroatoms. The van der Waals surface area contributed by atoms with E-state index in [-0.39, 0.29) is 11.5 Å². The number of carbonyl (C=O) groups is 2. The highest BCUT2D eigenvalue weighted by Gasteiger charge is 2.09. The second-order valence-corrected chi connectivity index (χ2v) is 5.49. The summed E-state index contributed by atoms with van der Waals surface area (Å²) in [6, 6.07) is 8.66. The second-order valence-electron chi connectivity index (χ2n) is 4.46. The first-order valence-electron chi connectivity index (χ1n) is 6.22. The van der Waals surface area contributed by atoms with Crippen molar-refractivity contribution in [1.29, 1.82) is 0 Å². The normalized spacial score (nSPS) is 10.2. The van der Waals surface area contributed by atoms with Gasteiger partial charge in [-0.25, -0.2) is 4.79 Å². The molecule has 0 saturated carbocycles. The highest BCUT2D eigenvalue weighted by molar-refractivity contribution is 7.09. The first-order chi connectivity index (χ1) is 9.56. The average molecular weight is 289 g/mol. The molecule has 0 aliphatic heterocycles. The lowest BCUT2D eigenvalue weighted by atomic mass is 10.1. The average Bonchev–Trinajstić information content (AvgIpc) is 2.92. The number of rotatable bonds is 5. The number of hydrogen-bond acceptors (Lipinski definition) is 3. The van der Waals surface area contributed by atoms with E-state index in [1.54, 1.807) is 17.4 Å². The van der Waals surface area contributed by atoms with Gasteiger partial charge >= 0.3 is 5.97 Å². The van der Waals surface area contributed by atoms with E-state index in [1.807, 2.05) is 24.4 Å². The number of aryl methyl sites for hydroxylation is 2. The van der Waals surface area contributed by atoms with Crippen molar-refractivity contribution in [2.75, 3.05) is 5.32 Å². The molecule has 4 nitrogen and oxygen atoms in total. The number of carboxylic acids is 1. The molecule has 104 valence electrons. The number of amides is 1. The highest BCUT2D eigenvalue weighted by Crippen LogP contribution is 2.18. The summed E-state index contributed by atoms with van der Waals surface area (Å²) in [5.74, 6) is -1.11. The third-order valence-corrected chi connectivity index (χ3v) is 3.87. The smallest absolute Gasteiger partial charge is 0.335 e. The Morgan fingerprint density at radius 1 is 1.30 bits per heavy atom. The molecule has 0 aliphatic carbocycles. The molecule has 0 spiro atoms. The third-order valence-electron chi connectivity index (χ3n) is 2.94. The molecular formula is C15H15NO3S. The summed E-state index contributed by atoms with van der Waals surface area (Å²) in [5, 5.41) is 13.7. The Bertz CT molecular complexity index is 620. The number of carboxylic acid groups (broad SMARTS) is 1. The van der Waals surface area contributed by atoms with Crippen molar-refractivity contribution >= 4 is 28.9 Å². The quantitative estimate of drug-likeness (QED) is 0.887. The number of hydrogen-bond donors (Lipinski definition) is 2. The van der Waals surface area contributed by atoms with Crippen LogP contribution >= 0.6 is 11.3 Å². The Labute approximate surface area is 121 Å². The number of nitrogens with one attached hydrogen (secondary N) is 1. The first-order valence-corrected chi connectivity index (χ1v) is 7.10. The van der Waals surface area contributed by atoms with Crippen molar-refractivity contribution in [3.05, 3.63) is 51.7 Å². The van der Waals surface area contributed by atoms with Crippen molar-refractivity contribution < 1.29 is 14.7 Å². The molecule has 1 amide bonds. The van der Waals surface area contributed by atoms with Gasteiger partial charge in [0, 0.05) is 17.0 Å². The Balaban J connectivity index is 2.00. The van der Waals surface area contributed by atoms with Gasteiger partial charge in [0.2, 0.25) is 5.91 Å². The van der Waals surface area contributed by atoms with Crippen LogP contribution in [0.1, 0.15) is 27.2 Å². The van der Waals surface area contributed by atoms with E-state index in [9.17, 15) is 9.59 Å². The summed E-state index contributed by atoms with van der Waals surface area (Å²) in [5.41, 5.74) is 1.57. The van der Waals surface area contributed by atoms with Gasteiger partial charge in [-0.15, -0.1) is 11.3 Å². The van der Waals surface area contributed by atoms with Crippen LogP contribution in [0, 0.1) is 6.92 Å². The number of benzene rings is 1. The SMILES string of the molecule is Cc1ccc(C(=O)O)cc1NC(=O)CCc1cccs1. The minimum absolute atomic E-state index is 0.107. The van der Waals surface area contributed by atoms with Crippen LogP contribution in [-0.4, -0.2) is 17.0 Å². The molecule has 1 heterocycles. The molecule has 2 N–H and O–H groups in total. The van der Waals surface area contributed by atoms with Gasteiger partial charge in [0.25, 0.3) is 0 Å². The van der Waals surface area contributed by atoms with Crippen LogP contribution < -0.4 is 5.32 Å². The highest BCUT2D eigenvalue weighted by atomic mass is 32.1. The zero-order chi connectivity index (χ0) is 14.5. The molecule has 2 rings (SSSR count). The Morgan fingerprint density at radius 3 is 2.75 bits per heavy atom. The first kappa shape index (κ1) is 14.3. The van der Waals surface area contributed by atoms with Crippen LogP contribution in [0.15, 0.2) is 35.7 Å². The molecule has 20 heavy (non-hydrogen) atoms. The Hall–Kier alpha value is -2.14. The van der Waals surface area contributed by atoms with Gasteiger partial charge < -0.3 is 10.4 Å². The minimum Gasteiger partial charge on any atom is -0.478 e. The van der Waals surface area contributed by atoms with Crippen molar-refractivity contribution in [2.24, 2.45) is 0 Å². The maximum atomic E-state index is 11.9. The number of anilines is 1. The van der Waals surface area contributed by atoms with Gasteiger partial charge in [0.15, 0.2) is 0 Å². The number of carbonyl (C=O) groups excluding carboxylic acids is 1. The fourth-order valence-electron chi connectivity index (χ4n) is 1.79. The van der Waals surface area contributed by atoms with E-state index in [0.717, 1.165) is 10.4 Å². The minimum atomic E-state index is -1.00. The van der Waals surface area contributed by atoms with Crippen LogP contribution in [0.5, 0.6) is 0 Å². The van der Waals surface area contributed by atoms with E-state index in [1.165, 1.54) is 12.1 Å². The van der Waals surface area contributed by atoms with E-state index in [2.05, 4.69) is 5.32 Å². The topological polar surface area (TPSA) is 66.4 Å². The van der Waals surface area contributed by atoms with Crippen LogP contribution in [0.4, 0.5) is 5.69 Å². The van der Waals surface area contributed by atoms with Gasteiger partial charge in [-0.1, -0.05) is 12.1 Å². The summed E-state index contributed by atoms with van der Waals surface area (Å²) < 4.78 is 0. The second kappa shape index (κ2) is 6.34. The standard InChI is InChI=1S/C15H15NO3S/c1-10-4-5-11(15(18)19)9-13(10)16-14(17)7-6-12-3-2-8-20-12/h2-5,8-9H,6-7H2,1H3,(H,16,17)(H,18,19). The lowest BCUT2D eigenvalue weighted by Crippen LogP contribution is -2.13. The van der Waals surface area contributed by atoms with Crippen LogP contribution in [0.25, 0.3) is 0 Å². The summed E-state index contributed by atoms with van der Waals surface area (Å²) in [7, 11) is 0. The molecule has 2 aromatic rings. The van der Waals surface area contributed by atoms with Gasteiger partial charge in [-0.2, -0.15) is 0 Å². The Kier molecular flexibility index (Phi) is 4.53. The molecule has 0 radical (unpaired) electrons. The molecule has 0 aliphatic rings. The molecule has 1 aromatic heterocycles. The Morgan fingerprint density at radius 2 is 2.10 bits per heavy atom. The van der Waals surface area contributed by atoms with E-state index in [4.69, 9.17) is 5.11 Å². The predicted molar refractivity (Wildman–Crippen MR) is 79.4 cm³/mol. The molecule has 0 bridgehead atoms. The van der Waals surface area contributed by atoms with Crippen molar-refractivity contribution in [1.82, 2.24) is 0 Å². The maximum Gasteiger partial charge on any atom is 0.335 e. The lowest BCUT2D eigenvalue weighted by molar-refractivity contribution is -0.116. The van der Waals surface area contributed by atoms with E-state index < -0.39 is 5.97 Å².